The number of methoxy groups -OCH3 is 1. The van der Waals surface area contributed by atoms with Gasteiger partial charge in [0, 0.05) is 56.3 Å². The summed E-state index contributed by atoms with van der Waals surface area (Å²) < 4.78 is 13.6. The van der Waals surface area contributed by atoms with E-state index in [1.165, 1.54) is 0 Å². The molecule has 1 amide bonds. The lowest BCUT2D eigenvalue weighted by Gasteiger charge is -2.34. The van der Waals surface area contributed by atoms with Gasteiger partial charge in [0.1, 0.15) is 17.5 Å². The fourth-order valence-electron chi connectivity index (χ4n) is 4.67. The molecule has 0 bridgehead atoms. The molecule has 6 nitrogen and oxygen atoms in total. The first-order valence-electron chi connectivity index (χ1n) is 10.8. The maximum absolute atomic E-state index is 12.9. The standard InChI is InChI=1S/C23H33N3O3/c1-16(2)24-9-7-19(8-10-24)29-20-5-6-21-18(13-20)14-22-23(27)25(11-12-28-4)15-17(3)26(21)22/h5-6,13-14,16-17,19H,7-12,15H2,1-4H3/t17-/m1/s1. The van der Waals surface area contributed by atoms with Crippen molar-refractivity contribution in [3.05, 3.63) is 30.0 Å². The van der Waals surface area contributed by atoms with Crippen LogP contribution in [0.5, 0.6) is 5.75 Å². The zero-order valence-corrected chi connectivity index (χ0v) is 18.1. The van der Waals surface area contributed by atoms with Crippen LogP contribution in [-0.4, -0.2) is 72.3 Å². The van der Waals surface area contributed by atoms with Gasteiger partial charge < -0.3 is 23.8 Å². The predicted molar refractivity (Wildman–Crippen MR) is 115 cm³/mol. The van der Waals surface area contributed by atoms with E-state index in [1.807, 2.05) is 11.0 Å². The molecule has 3 heterocycles. The van der Waals surface area contributed by atoms with Gasteiger partial charge in [-0.05, 0) is 57.9 Å². The maximum Gasteiger partial charge on any atom is 0.270 e. The van der Waals surface area contributed by atoms with Gasteiger partial charge in [0.2, 0.25) is 0 Å². The third kappa shape index (κ3) is 4.01. The molecule has 0 unspecified atom stereocenters. The number of hydrogen-bond donors (Lipinski definition) is 0. The van der Waals surface area contributed by atoms with Crippen molar-refractivity contribution in [3.8, 4) is 5.75 Å². The molecule has 6 heteroatoms. The van der Waals surface area contributed by atoms with Crippen molar-refractivity contribution in [1.82, 2.24) is 14.4 Å². The minimum absolute atomic E-state index is 0.0832. The molecule has 0 spiro atoms. The van der Waals surface area contributed by atoms with Crippen LogP contribution in [0.15, 0.2) is 24.3 Å². The molecule has 29 heavy (non-hydrogen) atoms. The highest BCUT2D eigenvalue weighted by atomic mass is 16.5. The van der Waals surface area contributed by atoms with E-state index in [0.717, 1.165) is 48.3 Å². The van der Waals surface area contributed by atoms with Crippen LogP contribution in [0.25, 0.3) is 10.9 Å². The Hall–Kier alpha value is -2.05. The summed E-state index contributed by atoms with van der Waals surface area (Å²) in [5.41, 5.74) is 1.87. The SMILES string of the molecule is COCCN1C[C@@H](C)n2c(cc3cc(OC4CCN(C(C)C)CC4)ccc32)C1=O. The molecular formula is C23H33N3O3. The number of hydrogen-bond acceptors (Lipinski definition) is 4. The van der Waals surface area contributed by atoms with Gasteiger partial charge in [0.25, 0.3) is 5.91 Å². The average molecular weight is 400 g/mol. The largest absolute Gasteiger partial charge is 0.490 e. The highest BCUT2D eigenvalue weighted by Crippen LogP contribution is 2.32. The van der Waals surface area contributed by atoms with Gasteiger partial charge in [-0.1, -0.05) is 0 Å². The number of carbonyl (C=O) groups excluding carboxylic acids is 1. The third-order valence-electron chi connectivity index (χ3n) is 6.32. The molecule has 1 saturated heterocycles. The molecule has 1 atom stereocenters. The van der Waals surface area contributed by atoms with Gasteiger partial charge in [0.15, 0.2) is 0 Å². The molecule has 2 aromatic rings. The number of carbonyl (C=O) groups is 1. The molecule has 0 saturated carbocycles. The van der Waals surface area contributed by atoms with Crippen LogP contribution in [0.4, 0.5) is 0 Å². The molecule has 0 N–H and O–H groups in total. The molecule has 4 rings (SSSR count). The van der Waals surface area contributed by atoms with Crippen molar-refractivity contribution in [3.63, 3.8) is 0 Å². The molecule has 2 aliphatic rings. The Morgan fingerprint density at radius 2 is 1.93 bits per heavy atom. The van der Waals surface area contributed by atoms with Crippen LogP contribution in [-0.2, 0) is 4.74 Å². The Balaban J connectivity index is 1.52. The number of aromatic nitrogens is 1. The Labute approximate surface area is 173 Å². The van der Waals surface area contributed by atoms with Gasteiger partial charge in [-0.25, -0.2) is 0 Å². The summed E-state index contributed by atoms with van der Waals surface area (Å²) in [7, 11) is 1.67. The quantitative estimate of drug-likeness (QED) is 0.745. The number of ether oxygens (including phenoxy) is 2. The molecule has 158 valence electrons. The van der Waals surface area contributed by atoms with Crippen LogP contribution in [0.3, 0.4) is 0 Å². The van der Waals surface area contributed by atoms with E-state index >= 15 is 0 Å². The van der Waals surface area contributed by atoms with Crippen molar-refractivity contribution in [2.75, 3.05) is 39.9 Å². The van der Waals surface area contributed by atoms with Crippen molar-refractivity contribution in [2.45, 2.75) is 51.8 Å². The minimum Gasteiger partial charge on any atom is -0.490 e. The predicted octanol–water partition coefficient (Wildman–Crippen LogP) is 3.56. The smallest absolute Gasteiger partial charge is 0.270 e. The maximum atomic E-state index is 12.9. The highest BCUT2D eigenvalue weighted by molar-refractivity contribution is 6.00. The van der Waals surface area contributed by atoms with Gasteiger partial charge in [-0.15, -0.1) is 0 Å². The lowest BCUT2D eigenvalue weighted by atomic mass is 10.1. The second-order valence-electron chi connectivity index (χ2n) is 8.66. The van der Waals surface area contributed by atoms with E-state index in [1.54, 1.807) is 7.11 Å². The average Bonchev–Trinajstić information content (AvgIpc) is 3.09. The fourth-order valence-corrected chi connectivity index (χ4v) is 4.67. The number of fused-ring (bicyclic) bond motifs is 3. The Bertz CT molecular complexity index is 868. The molecule has 1 aromatic carbocycles. The molecule has 2 aliphatic heterocycles. The van der Waals surface area contributed by atoms with Crippen molar-refractivity contribution < 1.29 is 14.3 Å². The number of piperidine rings is 1. The molecule has 0 radical (unpaired) electrons. The van der Waals surface area contributed by atoms with E-state index in [-0.39, 0.29) is 18.1 Å². The van der Waals surface area contributed by atoms with Gasteiger partial charge >= 0.3 is 0 Å². The van der Waals surface area contributed by atoms with Gasteiger partial charge in [0.05, 0.1) is 6.61 Å². The van der Waals surface area contributed by atoms with Gasteiger partial charge in [-0.3, -0.25) is 4.79 Å². The zero-order chi connectivity index (χ0) is 20.5. The van der Waals surface area contributed by atoms with Crippen molar-refractivity contribution >= 4 is 16.8 Å². The summed E-state index contributed by atoms with van der Waals surface area (Å²) in [4.78, 5) is 17.3. The van der Waals surface area contributed by atoms with E-state index in [4.69, 9.17) is 9.47 Å². The first-order valence-corrected chi connectivity index (χ1v) is 10.8. The van der Waals surface area contributed by atoms with Crippen molar-refractivity contribution in [1.29, 1.82) is 0 Å². The molecule has 0 aliphatic carbocycles. The summed E-state index contributed by atoms with van der Waals surface area (Å²) in [5, 5.41) is 1.07. The summed E-state index contributed by atoms with van der Waals surface area (Å²) in [6, 6.07) is 9.11. The number of amides is 1. The number of benzene rings is 1. The lowest BCUT2D eigenvalue weighted by Crippen LogP contribution is -2.43. The van der Waals surface area contributed by atoms with E-state index in [9.17, 15) is 4.79 Å². The zero-order valence-electron chi connectivity index (χ0n) is 18.1. The molecule has 1 fully saturated rings. The lowest BCUT2D eigenvalue weighted by molar-refractivity contribution is 0.0613. The Kier molecular flexibility index (Phi) is 5.83. The third-order valence-corrected chi connectivity index (χ3v) is 6.32. The van der Waals surface area contributed by atoms with Crippen molar-refractivity contribution in [2.24, 2.45) is 0 Å². The van der Waals surface area contributed by atoms with E-state index in [2.05, 4.69) is 48.4 Å². The van der Waals surface area contributed by atoms with E-state index in [0.29, 0.717) is 25.7 Å². The van der Waals surface area contributed by atoms with E-state index < -0.39 is 0 Å². The summed E-state index contributed by atoms with van der Waals surface area (Å²) in [5.74, 6) is 0.986. The van der Waals surface area contributed by atoms with Crippen LogP contribution >= 0.6 is 0 Å². The highest BCUT2D eigenvalue weighted by Gasteiger charge is 2.30. The van der Waals surface area contributed by atoms with Crippen LogP contribution in [0.1, 0.15) is 50.1 Å². The second kappa shape index (κ2) is 8.36. The Morgan fingerprint density at radius 3 is 2.62 bits per heavy atom. The van der Waals surface area contributed by atoms with Crippen LogP contribution < -0.4 is 4.74 Å². The number of rotatable bonds is 6. The second-order valence-corrected chi connectivity index (χ2v) is 8.66. The van der Waals surface area contributed by atoms with Crippen LogP contribution in [0.2, 0.25) is 0 Å². The number of nitrogens with zero attached hydrogens (tertiary/aromatic N) is 3. The summed E-state index contributed by atoms with van der Waals surface area (Å²) in [6.07, 6.45) is 2.39. The molecule has 1 aromatic heterocycles. The van der Waals surface area contributed by atoms with Crippen LogP contribution in [0, 0.1) is 0 Å². The summed E-state index contributed by atoms with van der Waals surface area (Å²) in [6.45, 7) is 10.8. The minimum atomic E-state index is 0.0832. The fraction of sp³-hybridized carbons (Fsp3) is 0.609. The monoisotopic (exact) mass is 399 g/mol. The normalized spacial score (nSPS) is 21.2. The topological polar surface area (TPSA) is 46.9 Å². The number of likely N-dealkylation sites (tertiary alicyclic amines) is 1. The first kappa shape index (κ1) is 20.2. The summed E-state index contributed by atoms with van der Waals surface area (Å²) >= 11 is 0. The Morgan fingerprint density at radius 1 is 1.17 bits per heavy atom. The molecular weight excluding hydrogens is 366 g/mol. The van der Waals surface area contributed by atoms with Gasteiger partial charge in [-0.2, -0.15) is 0 Å². The first-order chi connectivity index (χ1) is 14.0.